The van der Waals surface area contributed by atoms with E-state index in [9.17, 15) is 9.59 Å². The molecule has 2 N–H and O–H groups in total. The maximum atomic E-state index is 13.2. The van der Waals surface area contributed by atoms with Crippen molar-refractivity contribution in [2.45, 2.75) is 73.0 Å². The van der Waals surface area contributed by atoms with Gasteiger partial charge in [-0.1, -0.05) is 51.6 Å². The third-order valence-corrected chi connectivity index (χ3v) is 6.06. The highest BCUT2D eigenvalue weighted by atomic mass is 16.2. The summed E-state index contributed by atoms with van der Waals surface area (Å²) >= 11 is 0. The highest BCUT2D eigenvalue weighted by molar-refractivity contribution is 5.85. The van der Waals surface area contributed by atoms with Gasteiger partial charge in [0.2, 0.25) is 12.3 Å². The third-order valence-electron chi connectivity index (χ3n) is 6.06. The summed E-state index contributed by atoms with van der Waals surface area (Å²) in [6, 6.07) is 7.78. The van der Waals surface area contributed by atoms with Gasteiger partial charge in [0.1, 0.15) is 6.04 Å². The molecule has 0 bridgehead atoms. The summed E-state index contributed by atoms with van der Waals surface area (Å²) in [6.45, 7) is 17.4. The van der Waals surface area contributed by atoms with Gasteiger partial charge in [0, 0.05) is 30.7 Å². The van der Waals surface area contributed by atoms with Crippen molar-refractivity contribution in [3.05, 3.63) is 53.4 Å². The summed E-state index contributed by atoms with van der Waals surface area (Å²) in [5, 5.41) is 6.13. The van der Waals surface area contributed by atoms with Crippen molar-refractivity contribution in [1.29, 1.82) is 0 Å². The molecule has 0 aromatic heterocycles. The second-order valence-electron chi connectivity index (χ2n) is 9.45. The van der Waals surface area contributed by atoms with E-state index in [2.05, 4.69) is 53.4 Å². The zero-order valence-electron chi connectivity index (χ0n) is 20.4. The molecular formula is C26H38N4O2. The van der Waals surface area contributed by atoms with Crippen LogP contribution in [0.3, 0.4) is 0 Å². The molecule has 1 aromatic rings. The van der Waals surface area contributed by atoms with E-state index >= 15 is 0 Å². The Kier molecular flexibility index (Phi) is 8.81. The Morgan fingerprint density at radius 3 is 2.50 bits per heavy atom. The number of nitrogens with one attached hydrogen (secondary N) is 2. The van der Waals surface area contributed by atoms with Crippen LogP contribution in [-0.2, 0) is 16.1 Å². The lowest BCUT2D eigenvalue weighted by Crippen LogP contribution is -2.54. The van der Waals surface area contributed by atoms with Crippen LogP contribution < -0.4 is 10.6 Å². The minimum absolute atomic E-state index is 0.0493. The molecule has 0 spiro atoms. The average Bonchev–Trinajstić information content (AvgIpc) is 3.24. The average molecular weight is 439 g/mol. The van der Waals surface area contributed by atoms with Crippen LogP contribution in [0.2, 0.25) is 0 Å². The van der Waals surface area contributed by atoms with Gasteiger partial charge in [-0.2, -0.15) is 0 Å². The van der Waals surface area contributed by atoms with Crippen LogP contribution >= 0.6 is 0 Å². The molecule has 2 amide bonds. The zero-order chi connectivity index (χ0) is 23.9. The van der Waals surface area contributed by atoms with Crippen LogP contribution in [0.4, 0.5) is 0 Å². The van der Waals surface area contributed by atoms with Crippen molar-refractivity contribution in [2.75, 3.05) is 6.54 Å². The summed E-state index contributed by atoms with van der Waals surface area (Å²) in [4.78, 5) is 30.5. The molecule has 0 radical (unpaired) electrons. The Morgan fingerprint density at radius 2 is 1.94 bits per heavy atom. The number of likely N-dealkylation sites (tertiary alicyclic amines) is 1. The van der Waals surface area contributed by atoms with Crippen molar-refractivity contribution in [1.82, 2.24) is 15.5 Å². The SMILES string of the molecule is C=C(NCc1ccc(/C(C)=C(\C)N=CC)cc1)C1CCCN1C(=O)C(NC=O)C(C)(C)C. The lowest BCUT2D eigenvalue weighted by atomic mass is 9.85. The van der Waals surface area contributed by atoms with Crippen LogP contribution in [0, 0.1) is 5.41 Å². The minimum Gasteiger partial charge on any atom is -0.383 e. The molecular weight excluding hydrogens is 400 g/mol. The first kappa shape index (κ1) is 25.4. The molecule has 2 unspecified atom stereocenters. The summed E-state index contributed by atoms with van der Waals surface area (Å²) in [5.74, 6) is -0.0493. The number of hydrogen-bond acceptors (Lipinski definition) is 4. The molecule has 1 aliphatic rings. The predicted octanol–water partition coefficient (Wildman–Crippen LogP) is 4.28. The standard InChI is InChI=1S/C26H38N4O2/c1-8-27-19(3)18(2)22-13-11-21(12-14-22)16-28-20(4)23-10-9-15-30(23)25(32)24(29-17-31)26(5,6)7/h8,11-14,17,23-24,28H,4,9-10,15-16H2,1-3,5-7H3,(H,29,31)/b19-18+,27-8?. The van der Waals surface area contributed by atoms with Crippen molar-refractivity contribution >= 4 is 24.1 Å². The molecule has 1 heterocycles. The molecule has 0 aliphatic carbocycles. The number of benzene rings is 1. The molecule has 2 rings (SSSR count). The van der Waals surface area contributed by atoms with E-state index in [1.54, 1.807) is 6.21 Å². The van der Waals surface area contributed by atoms with E-state index in [-0.39, 0.29) is 17.4 Å². The van der Waals surface area contributed by atoms with Crippen molar-refractivity contribution < 1.29 is 9.59 Å². The van der Waals surface area contributed by atoms with E-state index in [1.807, 2.05) is 39.5 Å². The predicted molar refractivity (Wildman–Crippen MR) is 132 cm³/mol. The van der Waals surface area contributed by atoms with Gasteiger partial charge in [-0.05, 0) is 55.7 Å². The molecule has 174 valence electrons. The molecule has 32 heavy (non-hydrogen) atoms. The number of aliphatic imine (C=N–C) groups is 1. The van der Waals surface area contributed by atoms with Gasteiger partial charge in [0.15, 0.2) is 0 Å². The fraction of sp³-hybridized carbons (Fsp3) is 0.500. The molecule has 1 aromatic carbocycles. The highest BCUT2D eigenvalue weighted by Gasteiger charge is 2.39. The Labute approximate surface area is 192 Å². The van der Waals surface area contributed by atoms with Crippen LogP contribution in [0.1, 0.15) is 65.5 Å². The number of carbonyl (C=O) groups excluding carboxylic acids is 2. The summed E-state index contributed by atoms with van der Waals surface area (Å²) < 4.78 is 0. The number of allylic oxidation sites excluding steroid dienone is 2. The molecule has 2 atom stereocenters. The fourth-order valence-corrected chi connectivity index (χ4v) is 4.02. The van der Waals surface area contributed by atoms with Crippen molar-refractivity contribution in [2.24, 2.45) is 10.4 Å². The van der Waals surface area contributed by atoms with E-state index in [0.717, 1.165) is 40.9 Å². The van der Waals surface area contributed by atoms with Crippen molar-refractivity contribution in [3.8, 4) is 0 Å². The number of hydrogen-bond donors (Lipinski definition) is 2. The number of carbonyl (C=O) groups is 2. The summed E-state index contributed by atoms with van der Waals surface area (Å²) in [5.41, 5.74) is 4.93. The maximum Gasteiger partial charge on any atom is 0.246 e. The Hall–Kier alpha value is -2.89. The number of rotatable bonds is 9. The first-order valence-electron chi connectivity index (χ1n) is 11.3. The van der Waals surface area contributed by atoms with E-state index in [4.69, 9.17) is 0 Å². The number of amides is 2. The Morgan fingerprint density at radius 1 is 1.28 bits per heavy atom. The molecule has 0 saturated carbocycles. The normalized spacial score (nSPS) is 18.3. The second-order valence-corrected chi connectivity index (χ2v) is 9.45. The number of nitrogens with zero attached hydrogens (tertiary/aromatic N) is 2. The lowest BCUT2D eigenvalue weighted by Gasteiger charge is -2.35. The van der Waals surface area contributed by atoms with Crippen LogP contribution in [0.15, 0.2) is 47.2 Å². The fourth-order valence-electron chi connectivity index (χ4n) is 4.02. The van der Waals surface area contributed by atoms with Gasteiger partial charge in [0.25, 0.3) is 0 Å². The Balaban J connectivity index is 2.03. The van der Waals surface area contributed by atoms with Gasteiger partial charge in [-0.25, -0.2) is 0 Å². The first-order chi connectivity index (χ1) is 15.1. The first-order valence-corrected chi connectivity index (χ1v) is 11.3. The van der Waals surface area contributed by atoms with E-state index in [0.29, 0.717) is 19.5 Å². The van der Waals surface area contributed by atoms with Gasteiger partial charge in [0.05, 0.1) is 6.04 Å². The lowest BCUT2D eigenvalue weighted by molar-refractivity contribution is -0.138. The van der Waals surface area contributed by atoms with Crippen molar-refractivity contribution in [3.63, 3.8) is 0 Å². The molecule has 6 nitrogen and oxygen atoms in total. The highest BCUT2D eigenvalue weighted by Crippen LogP contribution is 2.27. The van der Waals surface area contributed by atoms with Gasteiger partial charge in [-0.15, -0.1) is 0 Å². The summed E-state index contributed by atoms with van der Waals surface area (Å²) in [7, 11) is 0. The molecule has 1 saturated heterocycles. The third kappa shape index (κ3) is 6.31. The Bertz CT molecular complexity index is 878. The van der Waals surface area contributed by atoms with E-state index < -0.39 is 6.04 Å². The molecule has 1 aliphatic heterocycles. The molecule has 6 heteroatoms. The smallest absolute Gasteiger partial charge is 0.246 e. The topological polar surface area (TPSA) is 73.8 Å². The van der Waals surface area contributed by atoms with Gasteiger partial charge in [-0.3, -0.25) is 14.6 Å². The van der Waals surface area contributed by atoms with Gasteiger partial charge < -0.3 is 15.5 Å². The molecule has 1 fully saturated rings. The second kappa shape index (κ2) is 11.1. The monoisotopic (exact) mass is 438 g/mol. The summed E-state index contributed by atoms with van der Waals surface area (Å²) in [6.07, 6.45) is 4.21. The minimum atomic E-state index is -0.558. The van der Waals surface area contributed by atoms with Crippen LogP contribution in [0.25, 0.3) is 5.57 Å². The maximum absolute atomic E-state index is 13.2. The largest absolute Gasteiger partial charge is 0.383 e. The quantitative estimate of drug-likeness (QED) is 0.446. The van der Waals surface area contributed by atoms with Gasteiger partial charge >= 0.3 is 0 Å². The van der Waals surface area contributed by atoms with Crippen LogP contribution in [-0.4, -0.2) is 42.1 Å². The zero-order valence-corrected chi connectivity index (χ0v) is 20.4. The van der Waals surface area contributed by atoms with Crippen LogP contribution in [0.5, 0.6) is 0 Å². The van der Waals surface area contributed by atoms with E-state index in [1.165, 1.54) is 0 Å².